The van der Waals surface area contributed by atoms with Crippen LogP contribution in [0.3, 0.4) is 0 Å². The predicted octanol–water partition coefficient (Wildman–Crippen LogP) is 4.03. The molecule has 0 spiro atoms. The molecule has 5 rings (SSSR count). The number of nitrogens with one attached hydrogen (secondary N) is 2. The number of likely N-dealkylation sites (tertiary alicyclic amines) is 1. The Kier molecular flexibility index (Phi) is 4.97. The SMILES string of the molecule is CCc1[nH]nc(C(=O)N2[C@H]3CCCC[C@H]4N[C@@H](Cc5ccccc5)[C@@H]2C[C@@]34C)c1C. The van der Waals surface area contributed by atoms with Gasteiger partial charge in [-0.25, -0.2) is 0 Å². The standard InChI is InChI=1S/C25H34N4O/c1-4-18-16(2)23(28-27-18)24(30)29-20-15-25(3)21(12-8-9-13-22(25)29)26-19(20)14-17-10-6-5-7-11-17/h5-7,10-11,19-22,26H,4,8-9,12-15H2,1-3H3,(H,27,28)/t19-,20-,21+,22-,25+/m0/s1. The number of fused-ring (bicyclic) bond motifs is 1. The first-order valence-corrected chi connectivity index (χ1v) is 11.7. The molecule has 0 unspecified atom stereocenters. The molecule has 3 fully saturated rings. The molecule has 2 bridgehead atoms. The molecule has 2 N–H and O–H groups in total. The van der Waals surface area contributed by atoms with Gasteiger partial charge in [-0.2, -0.15) is 5.10 Å². The zero-order valence-corrected chi connectivity index (χ0v) is 18.4. The van der Waals surface area contributed by atoms with Crippen LogP contribution in [0.15, 0.2) is 30.3 Å². The normalized spacial score (nSPS) is 32.8. The lowest BCUT2D eigenvalue weighted by Crippen LogP contribution is -2.57. The molecule has 30 heavy (non-hydrogen) atoms. The summed E-state index contributed by atoms with van der Waals surface area (Å²) >= 11 is 0. The zero-order valence-electron chi connectivity index (χ0n) is 18.4. The summed E-state index contributed by atoms with van der Waals surface area (Å²) in [4.78, 5) is 16.2. The van der Waals surface area contributed by atoms with E-state index in [4.69, 9.17) is 0 Å². The van der Waals surface area contributed by atoms with Gasteiger partial charge in [-0.15, -0.1) is 0 Å². The van der Waals surface area contributed by atoms with Gasteiger partial charge in [-0.1, -0.05) is 57.0 Å². The highest BCUT2D eigenvalue weighted by molar-refractivity contribution is 5.94. The summed E-state index contributed by atoms with van der Waals surface area (Å²) in [6.45, 7) is 6.57. The number of nitrogens with zero attached hydrogens (tertiary/aromatic N) is 2. The topological polar surface area (TPSA) is 61.0 Å². The molecule has 1 saturated carbocycles. The van der Waals surface area contributed by atoms with Gasteiger partial charge in [-0.05, 0) is 44.6 Å². The maximum absolute atomic E-state index is 13.9. The molecule has 160 valence electrons. The van der Waals surface area contributed by atoms with Crippen molar-refractivity contribution >= 4 is 5.91 Å². The van der Waals surface area contributed by atoms with E-state index in [1.807, 2.05) is 6.92 Å². The van der Waals surface area contributed by atoms with E-state index in [-0.39, 0.29) is 17.4 Å². The van der Waals surface area contributed by atoms with Crippen LogP contribution in [0.25, 0.3) is 0 Å². The Bertz CT molecular complexity index is 922. The van der Waals surface area contributed by atoms with Crippen molar-refractivity contribution in [2.45, 2.75) is 89.9 Å². The first kappa shape index (κ1) is 19.8. The van der Waals surface area contributed by atoms with Gasteiger partial charge in [0.05, 0.1) is 0 Å². The van der Waals surface area contributed by atoms with Crippen LogP contribution in [-0.2, 0) is 12.8 Å². The minimum atomic E-state index is 0.129. The third kappa shape index (κ3) is 3.01. The number of hydrogen-bond donors (Lipinski definition) is 2. The van der Waals surface area contributed by atoms with Crippen LogP contribution in [0.5, 0.6) is 0 Å². The Morgan fingerprint density at radius 2 is 2.00 bits per heavy atom. The smallest absolute Gasteiger partial charge is 0.275 e. The average molecular weight is 407 g/mol. The number of aromatic nitrogens is 2. The van der Waals surface area contributed by atoms with Gasteiger partial charge in [0.25, 0.3) is 5.91 Å². The molecule has 1 aliphatic carbocycles. The molecule has 2 aromatic rings. The maximum Gasteiger partial charge on any atom is 0.275 e. The van der Waals surface area contributed by atoms with E-state index in [9.17, 15) is 4.79 Å². The second kappa shape index (κ2) is 7.52. The van der Waals surface area contributed by atoms with Crippen LogP contribution in [0.2, 0.25) is 0 Å². The molecule has 5 atom stereocenters. The number of piperidine rings is 1. The van der Waals surface area contributed by atoms with Crippen LogP contribution >= 0.6 is 0 Å². The number of benzene rings is 1. The second-order valence-electron chi connectivity index (χ2n) is 9.83. The summed E-state index contributed by atoms with van der Waals surface area (Å²) in [5.41, 5.74) is 4.22. The van der Waals surface area contributed by atoms with Crippen LogP contribution in [-0.4, -0.2) is 45.2 Å². The minimum absolute atomic E-state index is 0.129. The fraction of sp³-hybridized carbons (Fsp3) is 0.600. The Balaban J connectivity index is 1.53. The average Bonchev–Trinajstić information content (AvgIpc) is 3.19. The molecule has 3 heterocycles. The first-order valence-electron chi connectivity index (χ1n) is 11.7. The third-order valence-corrected chi connectivity index (χ3v) is 8.20. The molecule has 5 heteroatoms. The molecule has 1 aromatic heterocycles. The van der Waals surface area contributed by atoms with Crippen molar-refractivity contribution in [2.75, 3.05) is 0 Å². The molecule has 5 nitrogen and oxygen atoms in total. The molecule has 0 radical (unpaired) electrons. The molecule has 3 aliphatic rings. The van der Waals surface area contributed by atoms with Gasteiger partial charge in [0.2, 0.25) is 0 Å². The predicted molar refractivity (Wildman–Crippen MR) is 118 cm³/mol. The molecule has 1 amide bonds. The van der Waals surface area contributed by atoms with Gasteiger partial charge in [0, 0.05) is 40.8 Å². The van der Waals surface area contributed by atoms with Crippen LogP contribution in [0, 0.1) is 12.3 Å². The molecular weight excluding hydrogens is 372 g/mol. The first-order chi connectivity index (χ1) is 14.5. The lowest BCUT2D eigenvalue weighted by Gasteiger charge is -2.43. The van der Waals surface area contributed by atoms with Gasteiger partial charge in [-0.3, -0.25) is 9.89 Å². The van der Waals surface area contributed by atoms with E-state index < -0.39 is 0 Å². The number of aromatic amines is 1. The quantitative estimate of drug-likeness (QED) is 0.806. The summed E-state index contributed by atoms with van der Waals surface area (Å²) in [6.07, 6.45) is 7.72. The lowest BCUT2D eigenvalue weighted by molar-refractivity contribution is 0.0605. The summed E-state index contributed by atoms with van der Waals surface area (Å²) in [5, 5.41) is 11.6. The Morgan fingerprint density at radius 3 is 2.73 bits per heavy atom. The number of aryl methyl sites for hydroxylation is 1. The fourth-order valence-corrected chi connectivity index (χ4v) is 6.54. The Labute approximate surface area is 179 Å². The van der Waals surface area contributed by atoms with Crippen molar-refractivity contribution in [1.82, 2.24) is 20.4 Å². The Hall–Kier alpha value is -2.14. The second-order valence-corrected chi connectivity index (χ2v) is 9.83. The number of carbonyl (C=O) groups is 1. The number of hydrogen-bond acceptors (Lipinski definition) is 3. The zero-order chi connectivity index (χ0) is 20.9. The van der Waals surface area contributed by atoms with E-state index in [1.54, 1.807) is 0 Å². The van der Waals surface area contributed by atoms with E-state index >= 15 is 0 Å². The highest BCUT2D eigenvalue weighted by Gasteiger charge is 2.60. The van der Waals surface area contributed by atoms with Gasteiger partial charge < -0.3 is 10.2 Å². The summed E-state index contributed by atoms with van der Waals surface area (Å²) in [5.74, 6) is 0.129. The van der Waals surface area contributed by atoms with Gasteiger partial charge in [0.15, 0.2) is 5.69 Å². The largest absolute Gasteiger partial charge is 0.329 e. The van der Waals surface area contributed by atoms with Crippen molar-refractivity contribution in [3.05, 3.63) is 52.8 Å². The summed E-state index contributed by atoms with van der Waals surface area (Å²) < 4.78 is 0. The molecular formula is C25H34N4O. The van der Waals surface area contributed by atoms with E-state index in [2.05, 4.69) is 64.6 Å². The number of amides is 1. The number of carbonyl (C=O) groups excluding carboxylic acids is 1. The van der Waals surface area contributed by atoms with Crippen LogP contribution < -0.4 is 5.32 Å². The van der Waals surface area contributed by atoms with Crippen molar-refractivity contribution in [2.24, 2.45) is 5.41 Å². The molecule has 2 aliphatic heterocycles. The van der Waals surface area contributed by atoms with Crippen molar-refractivity contribution < 1.29 is 4.79 Å². The van der Waals surface area contributed by atoms with Crippen molar-refractivity contribution in [3.63, 3.8) is 0 Å². The third-order valence-electron chi connectivity index (χ3n) is 8.20. The molecule has 2 saturated heterocycles. The van der Waals surface area contributed by atoms with Crippen LogP contribution in [0.4, 0.5) is 0 Å². The lowest BCUT2D eigenvalue weighted by atomic mass is 9.70. The number of rotatable bonds is 4. The van der Waals surface area contributed by atoms with Gasteiger partial charge >= 0.3 is 0 Å². The minimum Gasteiger partial charge on any atom is -0.329 e. The highest BCUT2D eigenvalue weighted by Crippen LogP contribution is 2.52. The van der Waals surface area contributed by atoms with Crippen LogP contribution in [0.1, 0.15) is 73.3 Å². The Morgan fingerprint density at radius 1 is 1.23 bits per heavy atom. The van der Waals surface area contributed by atoms with Gasteiger partial charge in [0.1, 0.15) is 0 Å². The summed E-state index contributed by atoms with van der Waals surface area (Å²) in [6, 6.07) is 12.0. The fourth-order valence-electron chi connectivity index (χ4n) is 6.54. The highest BCUT2D eigenvalue weighted by atomic mass is 16.2. The number of H-pyrrole nitrogens is 1. The monoisotopic (exact) mass is 406 g/mol. The van der Waals surface area contributed by atoms with Crippen molar-refractivity contribution in [1.29, 1.82) is 0 Å². The van der Waals surface area contributed by atoms with Crippen molar-refractivity contribution in [3.8, 4) is 0 Å². The molecule has 1 aromatic carbocycles. The van der Waals surface area contributed by atoms with E-state index in [0.717, 1.165) is 36.9 Å². The van der Waals surface area contributed by atoms with E-state index in [1.165, 1.54) is 24.8 Å². The van der Waals surface area contributed by atoms with E-state index in [0.29, 0.717) is 23.8 Å². The summed E-state index contributed by atoms with van der Waals surface area (Å²) in [7, 11) is 0. The maximum atomic E-state index is 13.9.